The average molecular weight is 454 g/mol. The Kier molecular flexibility index (Phi) is 6.93. The van der Waals surface area contributed by atoms with Gasteiger partial charge in [-0.05, 0) is 43.2 Å². The minimum Gasteiger partial charge on any atom is -0.462 e. The third-order valence-corrected chi connectivity index (χ3v) is 6.68. The van der Waals surface area contributed by atoms with Gasteiger partial charge in [-0.1, -0.05) is 26.0 Å². The van der Waals surface area contributed by atoms with E-state index in [1.54, 1.807) is 24.3 Å². The molecule has 2 aliphatic heterocycles. The molecule has 2 aliphatic rings. The minimum absolute atomic E-state index is 0.00820. The van der Waals surface area contributed by atoms with Gasteiger partial charge in [-0.15, -0.1) is 0 Å². The maximum Gasteiger partial charge on any atom is 0.338 e. The van der Waals surface area contributed by atoms with E-state index in [1.165, 1.54) is 0 Å². The van der Waals surface area contributed by atoms with E-state index in [0.717, 1.165) is 36.9 Å². The van der Waals surface area contributed by atoms with Crippen LogP contribution >= 0.6 is 0 Å². The highest BCUT2D eigenvalue weighted by Gasteiger charge is 2.39. The molecule has 1 amide bonds. The zero-order chi connectivity index (χ0) is 23.4. The number of nitrogens with zero attached hydrogens (tertiary/aromatic N) is 2. The highest BCUT2D eigenvalue weighted by atomic mass is 16.5. The number of ether oxygens (including phenoxy) is 2. The summed E-state index contributed by atoms with van der Waals surface area (Å²) in [5, 5.41) is 7.91. The van der Waals surface area contributed by atoms with Gasteiger partial charge in [0.15, 0.2) is 0 Å². The molecule has 33 heavy (non-hydrogen) atoms. The van der Waals surface area contributed by atoms with Gasteiger partial charge >= 0.3 is 5.97 Å². The molecule has 0 bridgehead atoms. The monoisotopic (exact) mass is 453 g/mol. The first kappa shape index (κ1) is 23.2. The van der Waals surface area contributed by atoms with Crippen molar-refractivity contribution in [2.75, 3.05) is 26.4 Å². The smallest absolute Gasteiger partial charge is 0.338 e. The maximum atomic E-state index is 12.9. The molecule has 1 aromatic heterocycles. The fraction of sp³-hybridized carbons (Fsp3) is 0.520. The number of hydrogen-bond donors (Lipinski definition) is 1. The lowest BCUT2D eigenvalue weighted by Crippen LogP contribution is -2.41. The van der Waals surface area contributed by atoms with Crippen LogP contribution in [0.15, 0.2) is 24.3 Å². The number of carbonyl (C=O) groups excluding carboxylic acids is 3. The third-order valence-electron chi connectivity index (χ3n) is 6.68. The lowest BCUT2D eigenvalue weighted by Gasteiger charge is -2.36. The molecule has 1 spiro atoms. The zero-order valence-corrected chi connectivity index (χ0v) is 19.3. The summed E-state index contributed by atoms with van der Waals surface area (Å²) in [6, 6.07) is 6.36. The summed E-state index contributed by atoms with van der Waals surface area (Å²) in [7, 11) is 0. The van der Waals surface area contributed by atoms with Crippen molar-refractivity contribution >= 4 is 18.2 Å². The number of benzene rings is 1. The van der Waals surface area contributed by atoms with Crippen LogP contribution in [-0.2, 0) is 28.9 Å². The number of aldehydes is 1. The van der Waals surface area contributed by atoms with E-state index in [1.807, 2.05) is 18.5 Å². The predicted octanol–water partition coefficient (Wildman–Crippen LogP) is 2.83. The standard InChI is InChI=1S/C25H31N3O5/c1-3-20-22-21(12-25(16-26-23(22)30)8-10-32-11-9-25)28(27-20)13-17(2)15-33-24(31)19-6-4-18(14-29)5-7-19/h4-7,14,17H,3,8-13,15-16H2,1-2H3,(H,26,30)/t17-/m1/s1. The normalized spacial score (nSPS) is 18.2. The van der Waals surface area contributed by atoms with Crippen molar-refractivity contribution in [1.29, 1.82) is 0 Å². The van der Waals surface area contributed by atoms with Gasteiger partial charge in [-0.2, -0.15) is 5.10 Å². The molecule has 0 radical (unpaired) electrons. The number of nitrogens with one attached hydrogen (secondary N) is 1. The number of esters is 1. The third kappa shape index (κ3) is 5.00. The SMILES string of the molecule is CCc1nn(C[C@@H](C)COC(=O)c2ccc(C=O)cc2)c2c1C(=O)NCC1(CCOCC1)C2. The summed E-state index contributed by atoms with van der Waals surface area (Å²) < 4.78 is 13.0. The van der Waals surface area contributed by atoms with Crippen molar-refractivity contribution in [1.82, 2.24) is 15.1 Å². The lowest BCUT2D eigenvalue weighted by atomic mass is 9.76. The van der Waals surface area contributed by atoms with E-state index in [-0.39, 0.29) is 23.8 Å². The van der Waals surface area contributed by atoms with Crippen LogP contribution in [0.2, 0.25) is 0 Å². The molecule has 2 aromatic rings. The van der Waals surface area contributed by atoms with Crippen LogP contribution in [0.1, 0.15) is 69.2 Å². The van der Waals surface area contributed by atoms with Gasteiger partial charge in [0.25, 0.3) is 5.91 Å². The van der Waals surface area contributed by atoms with E-state index < -0.39 is 5.97 Å². The van der Waals surface area contributed by atoms with Gasteiger partial charge in [0, 0.05) is 37.8 Å². The van der Waals surface area contributed by atoms with Crippen LogP contribution in [0.25, 0.3) is 0 Å². The fourth-order valence-corrected chi connectivity index (χ4v) is 4.67. The highest BCUT2D eigenvalue weighted by molar-refractivity contribution is 5.97. The van der Waals surface area contributed by atoms with Crippen LogP contribution in [-0.4, -0.2) is 54.3 Å². The molecule has 1 N–H and O–H groups in total. The molecule has 0 aliphatic carbocycles. The molecular formula is C25H31N3O5. The quantitative estimate of drug-likeness (QED) is 0.511. The van der Waals surface area contributed by atoms with E-state index in [2.05, 4.69) is 5.32 Å². The van der Waals surface area contributed by atoms with Crippen LogP contribution in [0.4, 0.5) is 0 Å². The molecule has 4 rings (SSSR count). The number of amides is 1. The lowest BCUT2D eigenvalue weighted by molar-refractivity contribution is 0.0151. The summed E-state index contributed by atoms with van der Waals surface area (Å²) in [5.74, 6) is -0.462. The van der Waals surface area contributed by atoms with Gasteiger partial charge in [0.1, 0.15) is 6.29 Å². The molecule has 1 saturated heterocycles. The number of hydrogen-bond acceptors (Lipinski definition) is 6. The van der Waals surface area contributed by atoms with E-state index in [9.17, 15) is 14.4 Å². The number of carbonyl (C=O) groups is 3. The topological polar surface area (TPSA) is 99.5 Å². The summed E-state index contributed by atoms with van der Waals surface area (Å²) in [5.41, 5.74) is 3.41. The van der Waals surface area contributed by atoms with Gasteiger partial charge in [0.05, 0.1) is 29.1 Å². The Morgan fingerprint density at radius 2 is 2.03 bits per heavy atom. The first-order valence-corrected chi connectivity index (χ1v) is 11.6. The second-order valence-corrected chi connectivity index (χ2v) is 9.22. The Balaban J connectivity index is 1.48. The number of aromatic nitrogens is 2. The van der Waals surface area contributed by atoms with Gasteiger partial charge < -0.3 is 14.8 Å². The fourth-order valence-electron chi connectivity index (χ4n) is 4.67. The van der Waals surface area contributed by atoms with Crippen LogP contribution in [0.5, 0.6) is 0 Å². The molecule has 8 nitrogen and oxygen atoms in total. The molecule has 3 heterocycles. The maximum absolute atomic E-state index is 12.9. The van der Waals surface area contributed by atoms with Crippen molar-refractivity contribution < 1.29 is 23.9 Å². The van der Waals surface area contributed by atoms with Gasteiger partial charge in [0.2, 0.25) is 0 Å². The van der Waals surface area contributed by atoms with Crippen LogP contribution < -0.4 is 5.32 Å². The second kappa shape index (κ2) is 9.87. The number of aryl methyl sites for hydroxylation is 1. The van der Waals surface area contributed by atoms with Crippen molar-refractivity contribution in [2.45, 2.75) is 46.1 Å². The Morgan fingerprint density at radius 1 is 1.30 bits per heavy atom. The second-order valence-electron chi connectivity index (χ2n) is 9.22. The summed E-state index contributed by atoms with van der Waals surface area (Å²) in [6.07, 6.45) is 4.02. The van der Waals surface area contributed by atoms with Crippen LogP contribution in [0, 0.1) is 11.3 Å². The minimum atomic E-state index is -0.423. The average Bonchev–Trinajstić information content (AvgIpc) is 3.11. The zero-order valence-electron chi connectivity index (χ0n) is 19.3. The first-order valence-electron chi connectivity index (χ1n) is 11.6. The van der Waals surface area contributed by atoms with Crippen molar-refractivity contribution in [3.63, 3.8) is 0 Å². The Bertz CT molecular complexity index is 1020. The van der Waals surface area contributed by atoms with Gasteiger partial charge in [-0.25, -0.2) is 4.79 Å². The Labute approximate surface area is 193 Å². The van der Waals surface area contributed by atoms with Crippen molar-refractivity contribution in [3.05, 3.63) is 52.3 Å². The number of rotatable bonds is 7. The molecule has 176 valence electrons. The predicted molar refractivity (Wildman–Crippen MR) is 121 cm³/mol. The van der Waals surface area contributed by atoms with Crippen LogP contribution in [0.3, 0.4) is 0 Å². The van der Waals surface area contributed by atoms with Gasteiger partial charge in [-0.3, -0.25) is 14.3 Å². The molecule has 1 fully saturated rings. The highest BCUT2D eigenvalue weighted by Crippen LogP contribution is 2.37. The Hall–Kier alpha value is -3.00. The summed E-state index contributed by atoms with van der Waals surface area (Å²) in [4.78, 5) is 36.1. The molecule has 1 aromatic carbocycles. The summed E-state index contributed by atoms with van der Waals surface area (Å²) >= 11 is 0. The largest absolute Gasteiger partial charge is 0.462 e. The van der Waals surface area contributed by atoms with E-state index in [0.29, 0.717) is 49.4 Å². The first-order chi connectivity index (χ1) is 15.9. The van der Waals surface area contributed by atoms with E-state index in [4.69, 9.17) is 14.6 Å². The van der Waals surface area contributed by atoms with Crippen molar-refractivity contribution in [3.8, 4) is 0 Å². The molecule has 8 heteroatoms. The number of fused-ring (bicyclic) bond motifs is 1. The molecular weight excluding hydrogens is 422 g/mol. The molecule has 0 saturated carbocycles. The Morgan fingerprint density at radius 3 is 2.70 bits per heavy atom. The molecule has 0 unspecified atom stereocenters. The molecule has 1 atom stereocenters. The van der Waals surface area contributed by atoms with E-state index >= 15 is 0 Å². The summed E-state index contributed by atoms with van der Waals surface area (Å²) in [6.45, 7) is 6.87. The van der Waals surface area contributed by atoms with Crippen molar-refractivity contribution in [2.24, 2.45) is 11.3 Å².